The molecule has 0 saturated heterocycles. The van der Waals surface area contributed by atoms with E-state index in [1.807, 2.05) is 26.0 Å². The number of allylic oxidation sites excluding steroid dienone is 1. The summed E-state index contributed by atoms with van der Waals surface area (Å²) in [6, 6.07) is 0. The predicted octanol–water partition coefficient (Wildman–Crippen LogP) is 1.88. The highest BCUT2D eigenvalue weighted by molar-refractivity contribution is 7.81. The molecule has 1 atom stereocenters. The van der Waals surface area contributed by atoms with Crippen LogP contribution in [0.4, 0.5) is 0 Å². The zero-order valence-corrected chi connectivity index (χ0v) is 5.07. The van der Waals surface area contributed by atoms with Crippen molar-refractivity contribution in [3.05, 3.63) is 12.2 Å². The highest BCUT2D eigenvalue weighted by atomic mass is 32.1. The van der Waals surface area contributed by atoms with Crippen LogP contribution in [-0.4, -0.2) is 5.25 Å². The van der Waals surface area contributed by atoms with Gasteiger partial charge in [0.15, 0.2) is 0 Å². The van der Waals surface area contributed by atoms with Crippen LogP contribution >= 0.6 is 12.6 Å². The molecule has 0 nitrogen and oxygen atoms in total. The van der Waals surface area contributed by atoms with Gasteiger partial charge in [0.2, 0.25) is 0 Å². The van der Waals surface area contributed by atoms with E-state index >= 15 is 0 Å². The van der Waals surface area contributed by atoms with Gasteiger partial charge in [-0.1, -0.05) is 19.1 Å². The number of rotatable bonds is 1. The molecule has 0 aliphatic heterocycles. The Bertz CT molecular complexity index is 45.9. The summed E-state index contributed by atoms with van der Waals surface area (Å²) < 4.78 is 0. The van der Waals surface area contributed by atoms with Gasteiger partial charge in [-0.2, -0.15) is 12.6 Å². The van der Waals surface area contributed by atoms with Crippen LogP contribution < -0.4 is 0 Å². The third-order valence-corrected chi connectivity index (χ3v) is 0.643. The van der Waals surface area contributed by atoms with E-state index in [-0.39, 0.29) is 0 Å². The van der Waals surface area contributed by atoms with Crippen molar-refractivity contribution in [3.63, 3.8) is 0 Å². The van der Waals surface area contributed by atoms with Gasteiger partial charge in [0, 0.05) is 5.25 Å². The average Bonchev–Trinajstić information content (AvgIpc) is 1.35. The molecule has 1 unspecified atom stereocenters. The summed E-state index contributed by atoms with van der Waals surface area (Å²) in [5.41, 5.74) is 0. The van der Waals surface area contributed by atoms with Crippen LogP contribution in [0.1, 0.15) is 13.8 Å². The van der Waals surface area contributed by atoms with E-state index in [4.69, 9.17) is 0 Å². The number of hydrogen-bond acceptors (Lipinski definition) is 1. The maximum atomic E-state index is 4.09. The first-order valence-electron chi connectivity index (χ1n) is 2.08. The first-order chi connectivity index (χ1) is 2.77. The lowest BCUT2D eigenvalue weighted by atomic mass is 10.4. The normalized spacial score (nSPS) is 15.8. The lowest BCUT2D eigenvalue weighted by Gasteiger charge is -1.86. The number of hydrogen-bond donors (Lipinski definition) is 1. The van der Waals surface area contributed by atoms with Crippen LogP contribution in [0.3, 0.4) is 0 Å². The van der Waals surface area contributed by atoms with Crippen molar-refractivity contribution in [2.75, 3.05) is 0 Å². The van der Waals surface area contributed by atoms with E-state index in [0.29, 0.717) is 5.25 Å². The van der Waals surface area contributed by atoms with Gasteiger partial charge in [-0.25, -0.2) is 0 Å². The Morgan fingerprint density at radius 1 is 1.67 bits per heavy atom. The van der Waals surface area contributed by atoms with Gasteiger partial charge in [-0.3, -0.25) is 0 Å². The predicted molar refractivity (Wildman–Crippen MR) is 33.3 cm³/mol. The van der Waals surface area contributed by atoms with Crippen LogP contribution in [0.15, 0.2) is 12.2 Å². The maximum absolute atomic E-state index is 4.09. The van der Waals surface area contributed by atoms with Gasteiger partial charge in [-0.05, 0) is 6.92 Å². The molecule has 0 aromatic heterocycles. The molecule has 0 bridgehead atoms. The molecule has 0 amide bonds. The second kappa shape index (κ2) is 3.29. The lowest BCUT2D eigenvalue weighted by molar-refractivity contribution is 1.25. The molecular weight excluding hydrogens is 92.1 g/mol. The molecule has 0 saturated carbocycles. The van der Waals surface area contributed by atoms with Gasteiger partial charge in [-0.15, -0.1) is 0 Å². The summed E-state index contributed by atoms with van der Waals surface area (Å²) in [5.74, 6) is 0. The molecule has 0 N–H and O–H groups in total. The quantitative estimate of drug-likeness (QED) is 0.379. The van der Waals surface area contributed by atoms with Gasteiger partial charge in [0.25, 0.3) is 0 Å². The number of thiol groups is 1. The van der Waals surface area contributed by atoms with Crippen LogP contribution in [0, 0.1) is 0 Å². The Morgan fingerprint density at radius 3 is 2.17 bits per heavy atom. The summed E-state index contributed by atoms with van der Waals surface area (Å²) >= 11 is 4.09. The van der Waals surface area contributed by atoms with Crippen molar-refractivity contribution < 1.29 is 0 Å². The molecule has 0 fully saturated rings. The minimum atomic E-state index is 0.412. The fourth-order valence-electron chi connectivity index (χ4n) is 0.279. The Hall–Kier alpha value is 0.0900. The van der Waals surface area contributed by atoms with Crippen molar-refractivity contribution in [1.29, 1.82) is 0 Å². The fraction of sp³-hybridized carbons (Fsp3) is 0.600. The Morgan fingerprint density at radius 2 is 2.17 bits per heavy atom. The largest absolute Gasteiger partial charge is 0.172 e. The van der Waals surface area contributed by atoms with E-state index < -0.39 is 0 Å². The summed E-state index contributed by atoms with van der Waals surface area (Å²) in [6.45, 7) is 4.02. The van der Waals surface area contributed by atoms with Crippen molar-refractivity contribution in [2.24, 2.45) is 0 Å². The summed E-state index contributed by atoms with van der Waals surface area (Å²) in [5, 5.41) is 0.412. The maximum Gasteiger partial charge on any atom is 0.0168 e. The minimum Gasteiger partial charge on any atom is -0.172 e. The average molecular weight is 102 g/mol. The van der Waals surface area contributed by atoms with Gasteiger partial charge < -0.3 is 0 Å². The van der Waals surface area contributed by atoms with Gasteiger partial charge in [0.05, 0.1) is 0 Å². The fourth-order valence-corrected chi connectivity index (χ4v) is 0.451. The SMILES string of the molecule is CC=CC(C)S. The monoisotopic (exact) mass is 102 g/mol. The van der Waals surface area contributed by atoms with Gasteiger partial charge in [0.1, 0.15) is 0 Å². The molecule has 36 valence electrons. The Labute approximate surface area is 44.7 Å². The molecule has 6 heavy (non-hydrogen) atoms. The highest BCUT2D eigenvalue weighted by Crippen LogP contribution is 1.91. The van der Waals surface area contributed by atoms with E-state index in [1.165, 1.54) is 0 Å². The zero-order chi connectivity index (χ0) is 4.99. The van der Waals surface area contributed by atoms with E-state index in [1.54, 1.807) is 0 Å². The molecule has 0 rings (SSSR count). The molecule has 0 aromatic carbocycles. The molecule has 0 aromatic rings. The van der Waals surface area contributed by atoms with Gasteiger partial charge >= 0.3 is 0 Å². The summed E-state index contributed by atoms with van der Waals surface area (Å²) in [7, 11) is 0. The van der Waals surface area contributed by atoms with Crippen molar-refractivity contribution in [2.45, 2.75) is 19.1 Å². The first-order valence-corrected chi connectivity index (χ1v) is 2.60. The molecule has 0 aliphatic carbocycles. The van der Waals surface area contributed by atoms with Crippen LogP contribution in [0.2, 0.25) is 0 Å². The topological polar surface area (TPSA) is 0 Å². The van der Waals surface area contributed by atoms with Crippen LogP contribution in [0.5, 0.6) is 0 Å². The lowest BCUT2D eigenvalue weighted by Crippen LogP contribution is -1.77. The van der Waals surface area contributed by atoms with Crippen LogP contribution in [0.25, 0.3) is 0 Å². The van der Waals surface area contributed by atoms with Crippen LogP contribution in [-0.2, 0) is 0 Å². The molecule has 0 spiro atoms. The standard InChI is InChI=1S/C5H10S/c1-3-4-5(2)6/h3-6H,1-2H3. The molecular formula is C5H10S. The molecule has 0 aliphatic rings. The highest BCUT2D eigenvalue weighted by Gasteiger charge is 1.77. The second-order valence-corrected chi connectivity index (χ2v) is 2.08. The Balaban J connectivity index is 3.03. The van der Waals surface area contributed by atoms with Crippen molar-refractivity contribution in [3.8, 4) is 0 Å². The van der Waals surface area contributed by atoms with E-state index in [9.17, 15) is 0 Å². The summed E-state index contributed by atoms with van der Waals surface area (Å²) in [6.07, 6.45) is 4.03. The van der Waals surface area contributed by atoms with E-state index in [2.05, 4.69) is 12.6 Å². The first kappa shape index (κ1) is 6.09. The second-order valence-electron chi connectivity index (χ2n) is 1.27. The third kappa shape index (κ3) is 4.09. The molecule has 0 radical (unpaired) electrons. The minimum absolute atomic E-state index is 0.412. The zero-order valence-electron chi connectivity index (χ0n) is 4.18. The van der Waals surface area contributed by atoms with Crippen molar-refractivity contribution in [1.82, 2.24) is 0 Å². The summed E-state index contributed by atoms with van der Waals surface area (Å²) in [4.78, 5) is 0. The third-order valence-electron chi connectivity index (χ3n) is 0.471. The van der Waals surface area contributed by atoms with E-state index in [0.717, 1.165) is 0 Å². The Kier molecular flexibility index (Phi) is 3.34. The molecule has 1 heteroatoms. The van der Waals surface area contributed by atoms with Crippen molar-refractivity contribution >= 4 is 12.6 Å². The molecule has 0 heterocycles. The smallest absolute Gasteiger partial charge is 0.0168 e.